The van der Waals surface area contributed by atoms with Gasteiger partial charge in [-0.1, -0.05) is 36.4 Å². The number of thiazole rings is 1. The lowest BCUT2D eigenvalue weighted by atomic mass is 10.1. The van der Waals surface area contributed by atoms with Crippen LogP contribution in [0.4, 0.5) is 0 Å². The molecule has 0 amide bonds. The predicted molar refractivity (Wildman–Crippen MR) is 113 cm³/mol. The van der Waals surface area contributed by atoms with E-state index in [1.165, 1.54) is 22.2 Å². The van der Waals surface area contributed by atoms with E-state index >= 15 is 0 Å². The first kappa shape index (κ1) is 18.9. The number of ketones is 1. The van der Waals surface area contributed by atoms with Crippen LogP contribution < -0.4 is 14.8 Å². The topological polar surface area (TPSA) is 76.0 Å². The van der Waals surface area contributed by atoms with Crippen molar-refractivity contribution in [2.24, 2.45) is 0 Å². The van der Waals surface area contributed by atoms with Gasteiger partial charge in [-0.15, -0.1) is 22.7 Å². The van der Waals surface area contributed by atoms with Crippen molar-refractivity contribution in [2.45, 2.75) is 6.54 Å². The Labute approximate surface area is 173 Å². The van der Waals surface area contributed by atoms with Gasteiger partial charge >= 0.3 is 0 Å². The summed E-state index contributed by atoms with van der Waals surface area (Å²) in [6.45, 7) is 0.142. The van der Waals surface area contributed by atoms with Gasteiger partial charge in [-0.2, -0.15) is 5.26 Å². The first-order valence-corrected chi connectivity index (χ1v) is 10.4. The quantitative estimate of drug-likeness (QED) is 0.467. The van der Waals surface area contributed by atoms with Crippen molar-refractivity contribution in [3.63, 3.8) is 0 Å². The second-order valence-corrected chi connectivity index (χ2v) is 8.09. The Morgan fingerprint density at radius 1 is 1.14 bits per heavy atom. The van der Waals surface area contributed by atoms with Gasteiger partial charge in [0, 0.05) is 10.4 Å². The molecule has 0 aliphatic heterocycles. The second-order valence-electron chi connectivity index (χ2n) is 6.08. The minimum Gasteiger partial charge on any atom is -0.467 e. The van der Waals surface area contributed by atoms with E-state index in [1.807, 2.05) is 23.6 Å². The predicted octanol–water partition coefficient (Wildman–Crippen LogP) is 3.00. The van der Waals surface area contributed by atoms with Gasteiger partial charge in [0.2, 0.25) is 5.78 Å². The Hall–Kier alpha value is -3.47. The smallest absolute Gasteiger partial charge is 0.269 e. The zero-order valence-electron chi connectivity index (χ0n) is 15.1. The summed E-state index contributed by atoms with van der Waals surface area (Å²) < 4.78 is 7.60. The van der Waals surface area contributed by atoms with E-state index in [1.54, 1.807) is 48.5 Å². The van der Waals surface area contributed by atoms with Crippen LogP contribution in [0, 0.1) is 11.3 Å². The van der Waals surface area contributed by atoms with Crippen LogP contribution in [-0.2, 0) is 6.54 Å². The van der Waals surface area contributed by atoms with Crippen LogP contribution >= 0.6 is 22.7 Å². The van der Waals surface area contributed by atoms with Crippen LogP contribution in [0.5, 0.6) is 0 Å². The van der Waals surface area contributed by atoms with Crippen LogP contribution in [0.1, 0.15) is 21.0 Å². The Morgan fingerprint density at radius 2 is 1.97 bits per heavy atom. The molecule has 0 spiro atoms. The van der Waals surface area contributed by atoms with E-state index in [4.69, 9.17) is 4.42 Å². The zero-order chi connectivity index (χ0) is 20.2. The maximum absolute atomic E-state index is 13.1. The molecule has 0 fully saturated rings. The lowest BCUT2D eigenvalue weighted by Gasteiger charge is -2.02. The molecule has 0 saturated carbocycles. The number of hydrogen-bond donors (Lipinski definition) is 0. The Balaban J connectivity index is 1.97. The molecule has 3 heterocycles. The molecular weight excluding hydrogens is 404 g/mol. The van der Waals surface area contributed by atoms with Crippen molar-refractivity contribution < 1.29 is 9.21 Å². The third-order valence-electron chi connectivity index (χ3n) is 4.21. The van der Waals surface area contributed by atoms with E-state index in [2.05, 4.69) is 0 Å². The van der Waals surface area contributed by atoms with Crippen molar-refractivity contribution in [1.29, 1.82) is 5.26 Å². The molecule has 3 aromatic heterocycles. The normalized spacial score (nSPS) is 12.6. The molecule has 0 saturated heterocycles. The van der Waals surface area contributed by atoms with Gasteiger partial charge in [0.05, 0.1) is 17.3 Å². The monoisotopic (exact) mass is 418 g/mol. The minimum atomic E-state index is -0.412. The van der Waals surface area contributed by atoms with Gasteiger partial charge < -0.3 is 4.42 Å². The molecule has 142 valence electrons. The fraction of sp³-hybridized carbons (Fsp3) is 0.0455. The SMILES string of the molecule is N#C/C(C(=O)c1ccccc1)=c1\s/c(=C/c2cccs2)c(=O)n1Cc1ccco1. The third-order valence-corrected chi connectivity index (χ3v) is 6.16. The lowest BCUT2D eigenvalue weighted by molar-refractivity contribution is 0.105. The number of nitriles is 1. The number of carbonyl (C=O) groups excluding carboxylic acids is 1. The standard InChI is InChI=1S/C22H14N2O3S2/c23-13-18(20(25)15-6-2-1-3-7-15)22-24(14-16-8-4-10-27-16)21(26)19(29-22)12-17-9-5-11-28-17/h1-12H,14H2/b19-12+,22-18+. The first-order chi connectivity index (χ1) is 14.2. The van der Waals surface area contributed by atoms with Gasteiger partial charge in [-0.05, 0) is 29.7 Å². The van der Waals surface area contributed by atoms with E-state index in [9.17, 15) is 14.9 Å². The highest BCUT2D eigenvalue weighted by atomic mass is 32.1. The Morgan fingerprint density at radius 3 is 2.62 bits per heavy atom. The molecule has 0 aliphatic carbocycles. The number of thiophene rings is 1. The van der Waals surface area contributed by atoms with Crippen LogP contribution in [-0.4, -0.2) is 10.4 Å². The fourth-order valence-electron chi connectivity index (χ4n) is 2.84. The molecule has 7 heteroatoms. The summed E-state index contributed by atoms with van der Waals surface area (Å²) in [5, 5.41) is 11.7. The number of Topliss-reactive ketones (excluding diaryl/α,β-unsaturated/α-hetero) is 1. The summed E-state index contributed by atoms with van der Waals surface area (Å²) in [5.41, 5.74) is 0.0809. The van der Waals surface area contributed by atoms with Crippen LogP contribution in [0.3, 0.4) is 0 Å². The molecule has 0 radical (unpaired) electrons. The Kier molecular flexibility index (Phi) is 5.38. The number of benzene rings is 1. The number of rotatable bonds is 5. The average Bonchev–Trinajstić information content (AvgIpc) is 3.50. The maximum Gasteiger partial charge on any atom is 0.269 e. The van der Waals surface area contributed by atoms with Crippen LogP contribution in [0.15, 0.2) is 75.5 Å². The van der Waals surface area contributed by atoms with Gasteiger partial charge in [0.1, 0.15) is 22.1 Å². The molecule has 0 unspecified atom stereocenters. The van der Waals surface area contributed by atoms with Gasteiger partial charge in [0.25, 0.3) is 5.56 Å². The molecule has 4 rings (SSSR count). The average molecular weight is 418 g/mol. The summed E-state index contributed by atoms with van der Waals surface area (Å²) in [6, 6.07) is 17.9. The molecule has 5 nitrogen and oxygen atoms in total. The van der Waals surface area contributed by atoms with E-state index in [0.29, 0.717) is 20.5 Å². The number of furan rings is 1. The zero-order valence-corrected chi connectivity index (χ0v) is 16.7. The molecule has 1 aromatic carbocycles. The Bertz CT molecular complexity index is 1350. The summed E-state index contributed by atoms with van der Waals surface area (Å²) in [7, 11) is 0. The summed E-state index contributed by atoms with van der Waals surface area (Å²) in [5.74, 6) is 0.156. The number of nitrogens with zero attached hydrogens (tertiary/aromatic N) is 2. The van der Waals surface area contributed by atoms with Gasteiger partial charge in [-0.25, -0.2) is 0 Å². The molecule has 0 aliphatic rings. The first-order valence-electron chi connectivity index (χ1n) is 8.69. The second kappa shape index (κ2) is 8.27. The van der Waals surface area contributed by atoms with Crippen LogP contribution in [0.2, 0.25) is 0 Å². The molecule has 0 atom stereocenters. The van der Waals surface area contributed by atoms with Crippen molar-refractivity contribution >= 4 is 40.1 Å². The summed E-state index contributed by atoms with van der Waals surface area (Å²) in [4.78, 5) is 27.0. The number of aromatic nitrogens is 1. The van der Waals surface area contributed by atoms with Crippen LogP contribution in [0.25, 0.3) is 11.6 Å². The third kappa shape index (κ3) is 3.90. The van der Waals surface area contributed by atoms with Crippen molar-refractivity contribution in [3.8, 4) is 6.07 Å². The fourth-order valence-corrected chi connectivity index (χ4v) is 4.66. The largest absolute Gasteiger partial charge is 0.467 e. The van der Waals surface area contributed by atoms with Crippen molar-refractivity contribution in [2.75, 3.05) is 0 Å². The van der Waals surface area contributed by atoms with Crippen molar-refractivity contribution in [3.05, 3.63) is 102 Å². The van der Waals surface area contributed by atoms with E-state index in [-0.39, 0.29) is 17.7 Å². The van der Waals surface area contributed by atoms with E-state index in [0.717, 1.165) is 16.2 Å². The molecular formula is C22H14N2O3S2. The van der Waals surface area contributed by atoms with Crippen molar-refractivity contribution in [1.82, 2.24) is 4.57 Å². The molecule has 29 heavy (non-hydrogen) atoms. The maximum atomic E-state index is 13.1. The highest BCUT2D eigenvalue weighted by molar-refractivity contribution is 7.11. The van der Waals surface area contributed by atoms with Gasteiger partial charge in [-0.3, -0.25) is 14.2 Å². The summed E-state index contributed by atoms with van der Waals surface area (Å²) in [6.07, 6.45) is 3.30. The molecule has 4 aromatic rings. The molecule has 0 N–H and O–H groups in total. The highest BCUT2D eigenvalue weighted by Gasteiger charge is 2.18. The highest BCUT2D eigenvalue weighted by Crippen LogP contribution is 2.10. The minimum absolute atomic E-state index is 0.0596. The van der Waals surface area contributed by atoms with E-state index < -0.39 is 5.78 Å². The number of hydrogen-bond acceptors (Lipinski definition) is 6. The summed E-state index contributed by atoms with van der Waals surface area (Å²) >= 11 is 2.65. The van der Waals surface area contributed by atoms with Gasteiger partial charge in [0.15, 0.2) is 0 Å². The number of carbonyl (C=O) groups is 1. The molecule has 0 bridgehead atoms. The lowest BCUT2D eigenvalue weighted by Crippen LogP contribution is -2.33.